The lowest BCUT2D eigenvalue weighted by Gasteiger charge is -2.19. The number of tetrazole rings is 1. The van der Waals surface area contributed by atoms with Crippen LogP contribution in [0.4, 0.5) is 18.9 Å². The highest BCUT2D eigenvalue weighted by atomic mass is 19.4. The van der Waals surface area contributed by atoms with E-state index in [1.54, 1.807) is 38.3 Å². The van der Waals surface area contributed by atoms with Crippen molar-refractivity contribution in [1.82, 2.24) is 20.2 Å². The number of Topliss-reactive ketones (excluding diaryl/α,β-unsaturated/α-hetero) is 1. The number of phenols is 1. The van der Waals surface area contributed by atoms with Crippen molar-refractivity contribution in [2.24, 2.45) is 0 Å². The monoisotopic (exact) mass is 668 g/mol. The molecule has 0 saturated carbocycles. The van der Waals surface area contributed by atoms with Gasteiger partial charge in [0, 0.05) is 23.7 Å². The number of aliphatic hydroxyl groups excluding tert-OH is 1. The largest absolute Gasteiger partial charge is 0.507 e. The molecule has 3 aromatic carbocycles. The maximum Gasteiger partial charge on any atom is 0.389 e. The third-order valence-electron chi connectivity index (χ3n) is 7.06. The molecule has 1 atom stereocenters. The molecule has 0 saturated heterocycles. The Morgan fingerprint density at radius 3 is 2.40 bits per heavy atom. The highest BCUT2D eigenvalue weighted by Crippen LogP contribution is 2.35. The highest BCUT2D eigenvalue weighted by Gasteiger charge is 2.29. The van der Waals surface area contributed by atoms with Gasteiger partial charge in [-0.2, -0.15) is 18.4 Å². The van der Waals surface area contributed by atoms with E-state index in [4.69, 9.17) is 14.2 Å². The number of nitrogens with one attached hydrogen (secondary N) is 1. The van der Waals surface area contributed by atoms with Gasteiger partial charge in [-0.1, -0.05) is 12.1 Å². The van der Waals surface area contributed by atoms with Gasteiger partial charge < -0.3 is 29.7 Å². The van der Waals surface area contributed by atoms with Crippen LogP contribution in [0.2, 0.25) is 0 Å². The Balaban J connectivity index is 1.43. The van der Waals surface area contributed by atoms with E-state index in [0.29, 0.717) is 11.3 Å². The molecule has 16 heteroatoms. The number of ketones is 1. The number of aromatic hydroxyl groups is 1. The lowest BCUT2D eigenvalue weighted by molar-refractivity contribution is -0.134. The summed E-state index contributed by atoms with van der Waals surface area (Å²) in [5.74, 6) is -1.36. The molecular formula is C32H31F3N6O7. The predicted molar refractivity (Wildman–Crippen MR) is 163 cm³/mol. The van der Waals surface area contributed by atoms with Gasteiger partial charge in [0.15, 0.2) is 5.78 Å². The molecule has 0 aliphatic rings. The molecule has 4 aromatic rings. The second-order valence-corrected chi connectivity index (χ2v) is 10.6. The maximum atomic E-state index is 13.1. The normalized spacial score (nSPS) is 11.8. The average molecular weight is 669 g/mol. The van der Waals surface area contributed by atoms with Crippen molar-refractivity contribution in [2.75, 3.05) is 25.6 Å². The van der Waals surface area contributed by atoms with Crippen LogP contribution in [0.5, 0.6) is 23.0 Å². The Labute approximate surface area is 272 Å². The summed E-state index contributed by atoms with van der Waals surface area (Å²) in [4.78, 5) is 24.9. The Kier molecular flexibility index (Phi) is 11.2. The fourth-order valence-electron chi connectivity index (χ4n) is 4.55. The number of phenolic OH excluding ortho intramolecular Hbond substituents is 1. The van der Waals surface area contributed by atoms with Crippen LogP contribution in [-0.2, 0) is 13.0 Å². The fourth-order valence-corrected chi connectivity index (χ4v) is 4.55. The number of aromatic nitrogens is 4. The van der Waals surface area contributed by atoms with Gasteiger partial charge >= 0.3 is 6.18 Å². The predicted octanol–water partition coefficient (Wildman–Crippen LogP) is 4.38. The highest BCUT2D eigenvalue weighted by molar-refractivity contribution is 6.02. The maximum absolute atomic E-state index is 13.1. The number of alkyl halides is 3. The number of carbonyl (C=O) groups is 2. The van der Waals surface area contributed by atoms with E-state index >= 15 is 0 Å². The molecule has 252 valence electrons. The molecule has 0 bridgehead atoms. The van der Waals surface area contributed by atoms with Gasteiger partial charge in [0.25, 0.3) is 5.91 Å². The third kappa shape index (κ3) is 8.97. The van der Waals surface area contributed by atoms with Crippen LogP contribution in [0.1, 0.15) is 56.6 Å². The number of halogens is 3. The Morgan fingerprint density at radius 2 is 1.77 bits per heavy atom. The number of ether oxygens (including phenoxy) is 3. The lowest BCUT2D eigenvalue weighted by Crippen LogP contribution is -2.26. The van der Waals surface area contributed by atoms with Crippen LogP contribution in [0.25, 0.3) is 0 Å². The van der Waals surface area contributed by atoms with Crippen LogP contribution in [0, 0.1) is 18.3 Å². The molecule has 1 aromatic heterocycles. The third-order valence-corrected chi connectivity index (χ3v) is 7.06. The lowest BCUT2D eigenvalue weighted by atomic mass is 10.0. The van der Waals surface area contributed by atoms with Crippen molar-refractivity contribution in [3.8, 4) is 29.1 Å². The van der Waals surface area contributed by atoms with E-state index in [1.807, 2.05) is 6.07 Å². The van der Waals surface area contributed by atoms with Gasteiger partial charge in [-0.05, 0) is 72.2 Å². The zero-order chi connectivity index (χ0) is 35.0. The number of amides is 1. The fraction of sp³-hybridized carbons (Fsp3) is 0.312. The first-order chi connectivity index (χ1) is 22.8. The summed E-state index contributed by atoms with van der Waals surface area (Å²) in [7, 11) is 1.55. The van der Waals surface area contributed by atoms with Crippen LogP contribution < -0.4 is 19.5 Å². The molecule has 0 radical (unpaired) electrons. The first-order valence-corrected chi connectivity index (χ1v) is 14.4. The number of anilines is 1. The van der Waals surface area contributed by atoms with Gasteiger partial charge in [-0.3, -0.25) is 9.59 Å². The van der Waals surface area contributed by atoms with Gasteiger partial charge in [0.05, 0.1) is 24.8 Å². The van der Waals surface area contributed by atoms with E-state index in [0.717, 1.165) is 12.5 Å². The molecule has 48 heavy (non-hydrogen) atoms. The van der Waals surface area contributed by atoms with Crippen LogP contribution in [0.15, 0.2) is 48.5 Å². The van der Waals surface area contributed by atoms with Gasteiger partial charge in [0.2, 0.25) is 5.82 Å². The summed E-state index contributed by atoms with van der Waals surface area (Å²) < 4.78 is 56.4. The quantitative estimate of drug-likeness (QED) is 0.162. The van der Waals surface area contributed by atoms with Crippen LogP contribution >= 0.6 is 0 Å². The van der Waals surface area contributed by atoms with Crippen molar-refractivity contribution >= 4 is 17.4 Å². The summed E-state index contributed by atoms with van der Waals surface area (Å²) in [6, 6.07) is 14.4. The molecule has 4 rings (SSSR count). The summed E-state index contributed by atoms with van der Waals surface area (Å²) in [6.45, 7) is 2.14. The SMILES string of the molecule is COc1ccc(Cn2nnnc2C(=O)Nc2cc(OCC(O)COc3ccc(C(C)=O)c(O)c3CCC(F)(F)F)c(C#N)cc2C)cc1. The number of hydrogen-bond donors (Lipinski definition) is 3. The number of nitrogens with zero attached hydrogens (tertiary/aromatic N) is 5. The molecule has 0 aliphatic heterocycles. The van der Waals surface area contributed by atoms with E-state index in [2.05, 4.69) is 20.8 Å². The van der Waals surface area contributed by atoms with E-state index in [1.165, 1.54) is 28.9 Å². The summed E-state index contributed by atoms with van der Waals surface area (Å²) in [5, 5.41) is 44.7. The summed E-state index contributed by atoms with van der Waals surface area (Å²) in [6.07, 6.45) is -7.80. The smallest absolute Gasteiger partial charge is 0.389 e. The molecule has 0 fully saturated rings. The molecule has 1 heterocycles. The molecule has 3 N–H and O–H groups in total. The first kappa shape index (κ1) is 35.2. The molecule has 1 amide bonds. The number of benzene rings is 3. The number of nitriles is 1. The number of carbonyl (C=O) groups excluding carboxylic acids is 2. The first-order valence-electron chi connectivity index (χ1n) is 14.4. The summed E-state index contributed by atoms with van der Waals surface area (Å²) >= 11 is 0. The summed E-state index contributed by atoms with van der Waals surface area (Å²) in [5.41, 5.74) is 1.31. The Bertz CT molecular complexity index is 1820. The topological polar surface area (TPSA) is 182 Å². The number of rotatable bonds is 14. The Hall–Kier alpha value is -5.69. The van der Waals surface area contributed by atoms with Crippen LogP contribution in [-0.4, -0.2) is 74.7 Å². The second-order valence-electron chi connectivity index (χ2n) is 10.6. The standard InChI is InChI=1S/C32H31F3N6O7/c1-18-12-21(14-36)28(13-26(18)37-31(45)30-38-39-40-41(30)15-20-4-6-23(46-3)7-5-20)48-17-22(43)16-47-27-9-8-24(19(2)42)29(44)25(27)10-11-32(33,34)35/h4-9,12-13,22,43-44H,10-11,15-17H2,1-3H3,(H,37,45). The molecule has 0 spiro atoms. The minimum absolute atomic E-state index is 0.0181. The molecular weight excluding hydrogens is 637 g/mol. The number of methoxy groups -OCH3 is 1. The van der Waals surface area contributed by atoms with Gasteiger partial charge in [-0.15, -0.1) is 5.10 Å². The van der Waals surface area contributed by atoms with Crippen molar-refractivity contribution in [3.05, 3.63) is 82.2 Å². The van der Waals surface area contributed by atoms with Crippen molar-refractivity contribution in [2.45, 2.75) is 45.5 Å². The van der Waals surface area contributed by atoms with E-state index < -0.39 is 55.8 Å². The van der Waals surface area contributed by atoms with Crippen molar-refractivity contribution in [1.29, 1.82) is 5.26 Å². The van der Waals surface area contributed by atoms with Gasteiger partial charge in [-0.25, -0.2) is 4.68 Å². The minimum Gasteiger partial charge on any atom is -0.507 e. The Morgan fingerprint density at radius 1 is 1.08 bits per heavy atom. The van der Waals surface area contributed by atoms with Crippen molar-refractivity contribution < 1.29 is 47.2 Å². The van der Waals surface area contributed by atoms with Crippen LogP contribution in [0.3, 0.4) is 0 Å². The zero-order valence-electron chi connectivity index (χ0n) is 26.0. The molecule has 0 aliphatic carbocycles. The molecule has 1 unspecified atom stereocenters. The van der Waals surface area contributed by atoms with Gasteiger partial charge in [0.1, 0.15) is 48.4 Å². The number of aliphatic hydroxyl groups is 1. The second kappa shape index (κ2) is 15.3. The van der Waals surface area contributed by atoms with Crippen molar-refractivity contribution in [3.63, 3.8) is 0 Å². The molecule has 13 nitrogen and oxygen atoms in total. The van der Waals surface area contributed by atoms with E-state index in [9.17, 15) is 38.2 Å². The number of aryl methyl sites for hydroxylation is 1. The minimum atomic E-state index is -4.53. The zero-order valence-corrected chi connectivity index (χ0v) is 26.0. The van der Waals surface area contributed by atoms with E-state index in [-0.39, 0.29) is 46.2 Å². The number of hydrogen-bond acceptors (Lipinski definition) is 11. The average Bonchev–Trinajstić information content (AvgIpc) is 3.51.